The van der Waals surface area contributed by atoms with Crippen LogP contribution in [-0.2, 0) is 12.7 Å². The summed E-state index contributed by atoms with van der Waals surface area (Å²) in [7, 11) is 0. The van der Waals surface area contributed by atoms with E-state index >= 15 is 0 Å². The van der Waals surface area contributed by atoms with Crippen LogP contribution in [0.4, 0.5) is 18.0 Å². The Morgan fingerprint density at radius 2 is 2.35 bits per heavy atom. The molecule has 0 bridgehead atoms. The number of urea groups is 1. The summed E-state index contributed by atoms with van der Waals surface area (Å²) >= 11 is 0.854. The van der Waals surface area contributed by atoms with Gasteiger partial charge in [0, 0.05) is 11.9 Å². The molecule has 1 atom stereocenters. The second kappa shape index (κ2) is 5.96. The molecule has 1 fully saturated rings. The zero-order valence-electron chi connectivity index (χ0n) is 10.5. The third kappa shape index (κ3) is 3.40. The zero-order chi connectivity index (χ0) is 14.8. The molecule has 0 spiro atoms. The lowest BCUT2D eigenvalue weighted by Crippen LogP contribution is -2.43. The fourth-order valence-corrected chi connectivity index (χ4v) is 2.81. The van der Waals surface area contributed by atoms with Gasteiger partial charge in [-0.15, -0.1) is 11.3 Å². The van der Waals surface area contributed by atoms with Crippen molar-refractivity contribution in [3.8, 4) is 0 Å². The van der Waals surface area contributed by atoms with Crippen LogP contribution in [0.1, 0.15) is 23.5 Å². The number of hydrogen-bond donors (Lipinski definition) is 2. The molecule has 2 heterocycles. The number of carbonyl (C=O) groups excluding carboxylic acids is 1. The molecule has 0 radical (unpaired) electrons. The minimum Gasteiger partial charge on any atom is -0.394 e. The number of amides is 2. The normalized spacial score (nSPS) is 19.4. The first-order valence-corrected chi connectivity index (χ1v) is 6.96. The SMILES string of the molecule is O=C(NCc1nc(C(F)(F)F)cs1)N1CCCC1CO. The lowest BCUT2D eigenvalue weighted by atomic mass is 10.2. The van der Waals surface area contributed by atoms with Gasteiger partial charge >= 0.3 is 12.2 Å². The summed E-state index contributed by atoms with van der Waals surface area (Å²) in [6.07, 6.45) is -2.91. The van der Waals surface area contributed by atoms with Crippen LogP contribution in [0.15, 0.2) is 5.38 Å². The number of nitrogens with one attached hydrogen (secondary N) is 1. The first-order chi connectivity index (χ1) is 9.41. The van der Waals surface area contributed by atoms with Gasteiger partial charge in [-0.05, 0) is 12.8 Å². The Bertz CT molecular complexity index is 478. The molecule has 0 aliphatic carbocycles. The van der Waals surface area contributed by atoms with Gasteiger partial charge in [0.25, 0.3) is 0 Å². The third-order valence-corrected chi connectivity index (χ3v) is 3.93. The average Bonchev–Trinajstić information content (AvgIpc) is 3.03. The molecule has 1 unspecified atom stereocenters. The Morgan fingerprint density at radius 3 is 2.95 bits per heavy atom. The molecule has 2 rings (SSSR count). The van der Waals surface area contributed by atoms with Gasteiger partial charge in [0.1, 0.15) is 5.01 Å². The lowest BCUT2D eigenvalue weighted by molar-refractivity contribution is -0.140. The van der Waals surface area contributed by atoms with Gasteiger partial charge in [-0.25, -0.2) is 9.78 Å². The van der Waals surface area contributed by atoms with E-state index in [0.717, 1.165) is 29.6 Å². The molecule has 9 heteroatoms. The van der Waals surface area contributed by atoms with Gasteiger partial charge in [0.15, 0.2) is 5.69 Å². The van der Waals surface area contributed by atoms with E-state index in [0.29, 0.717) is 6.54 Å². The van der Waals surface area contributed by atoms with E-state index in [1.165, 1.54) is 4.90 Å². The predicted octanol–water partition coefficient (Wildman–Crippen LogP) is 1.83. The Kier molecular flexibility index (Phi) is 4.48. The molecule has 5 nitrogen and oxygen atoms in total. The quantitative estimate of drug-likeness (QED) is 0.895. The summed E-state index contributed by atoms with van der Waals surface area (Å²) in [6, 6.07) is -0.595. The van der Waals surface area contributed by atoms with Crippen molar-refractivity contribution in [3.63, 3.8) is 0 Å². The molecule has 0 aromatic carbocycles. The fourth-order valence-electron chi connectivity index (χ4n) is 2.07. The van der Waals surface area contributed by atoms with Crippen molar-refractivity contribution in [2.24, 2.45) is 0 Å². The Balaban J connectivity index is 1.89. The van der Waals surface area contributed by atoms with Crippen molar-refractivity contribution >= 4 is 17.4 Å². The highest BCUT2D eigenvalue weighted by Crippen LogP contribution is 2.29. The summed E-state index contributed by atoms with van der Waals surface area (Å²) in [5.41, 5.74) is -0.943. The number of nitrogens with zero attached hydrogens (tertiary/aromatic N) is 2. The van der Waals surface area contributed by atoms with Crippen molar-refractivity contribution in [1.29, 1.82) is 0 Å². The smallest absolute Gasteiger partial charge is 0.394 e. The van der Waals surface area contributed by atoms with Crippen LogP contribution in [0, 0.1) is 0 Å². The van der Waals surface area contributed by atoms with Gasteiger partial charge < -0.3 is 15.3 Å². The number of rotatable bonds is 3. The average molecular weight is 309 g/mol. The van der Waals surface area contributed by atoms with E-state index in [4.69, 9.17) is 5.11 Å². The molecule has 0 saturated carbocycles. The summed E-state index contributed by atoms with van der Waals surface area (Å²) in [5.74, 6) is 0. The molecule has 2 N–H and O–H groups in total. The second-order valence-electron chi connectivity index (χ2n) is 4.45. The summed E-state index contributed by atoms with van der Waals surface area (Å²) in [5, 5.41) is 12.8. The molecule has 1 aliphatic rings. The van der Waals surface area contributed by atoms with Gasteiger partial charge in [0.05, 0.1) is 19.2 Å². The number of hydrogen-bond acceptors (Lipinski definition) is 4. The maximum Gasteiger partial charge on any atom is 0.434 e. The number of thiazole rings is 1. The van der Waals surface area contributed by atoms with E-state index in [1.54, 1.807) is 0 Å². The fraction of sp³-hybridized carbons (Fsp3) is 0.636. The van der Waals surface area contributed by atoms with Crippen LogP contribution < -0.4 is 5.32 Å². The molecule has 2 amide bonds. The van der Waals surface area contributed by atoms with Crippen molar-refractivity contribution in [2.75, 3.05) is 13.2 Å². The van der Waals surface area contributed by atoms with Gasteiger partial charge in [-0.3, -0.25) is 0 Å². The molecule has 1 aromatic heterocycles. The maximum atomic E-state index is 12.4. The van der Waals surface area contributed by atoms with Gasteiger partial charge in [-0.2, -0.15) is 13.2 Å². The van der Waals surface area contributed by atoms with E-state index < -0.39 is 11.9 Å². The molecule has 1 aliphatic heterocycles. The molecule has 1 saturated heterocycles. The molecule has 20 heavy (non-hydrogen) atoms. The number of halogens is 3. The second-order valence-corrected chi connectivity index (χ2v) is 5.40. The van der Waals surface area contributed by atoms with Crippen LogP contribution in [0.3, 0.4) is 0 Å². The topological polar surface area (TPSA) is 65.5 Å². The highest BCUT2D eigenvalue weighted by atomic mass is 32.1. The lowest BCUT2D eigenvalue weighted by Gasteiger charge is -2.22. The number of alkyl halides is 3. The number of aromatic nitrogens is 1. The van der Waals surface area contributed by atoms with Gasteiger partial charge in [-0.1, -0.05) is 0 Å². The summed E-state index contributed by atoms with van der Waals surface area (Å²) in [4.78, 5) is 16.8. The first-order valence-electron chi connectivity index (χ1n) is 6.08. The van der Waals surface area contributed by atoms with Crippen LogP contribution in [0.5, 0.6) is 0 Å². The first kappa shape index (κ1) is 15.0. The van der Waals surface area contributed by atoms with Crippen LogP contribution in [0.2, 0.25) is 0 Å². The zero-order valence-corrected chi connectivity index (χ0v) is 11.3. The van der Waals surface area contributed by atoms with Crippen molar-refractivity contribution < 1.29 is 23.1 Å². The number of aliphatic hydroxyl groups is 1. The molecular formula is C11H14F3N3O2S. The summed E-state index contributed by atoms with van der Waals surface area (Å²) < 4.78 is 37.1. The number of likely N-dealkylation sites (tertiary alicyclic amines) is 1. The highest BCUT2D eigenvalue weighted by Gasteiger charge is 2.34. The van der Waals surface area contributed by atoms with Gasteiger partial charge in [0.2, 0.25) is 0 Å². The predicted molar refractivity (Wildman–Crippen MR) is 66.2 cm³/mol. The Labute approximate surface area is 117 Å². The van der Waals surface area contributed by atoms with E-state index in [9.17, 15) is 18.0 Å². The minimum absolute atomic E-state index is 0.0474. The minimum atomic E-state index is -4.46. The molecule has 1 aromatic rings. The number of carbonyl (C=O) groups is 1. The molecular weight excluding hydrogens is 295 g/mol. The third-order valence-electron chi connectivity index (χ3n) is 3.08. The summed E-state index contributed by atoms with van der Waals surface area (Å²) in [6.45, 7) is 0.389. The van der Waals surface area contributed by atoms with E-state index in [-0.39, 0.29) is 30.2 Å². The standard InChI is InChI=1S/C11H14F3N3O2S/c12-11(13,14)8-6-20-9(16-8)4-15-10(19)17-3-1-2-7(17)5-18/h6-7,18H,1-5H2,(H,15,19). The van der Waals surface area contributed by atoms with Crippen LogP contribution >= 0.6 is 11.3 Å². The van der Waals surface area contributed by atoms with Crippen LogP contribution in [-0.4, -0.2) is 40.2 Å². The Morgan fingerprint density at radius 1 is 1.60 bits per heavy atom. The van der Waals surface area contributed by atoms with Crippen LogP contribution in [0.25, 0.3) is 0 Å². The monoisotopic (exact) mass is 309 g/mol. The van der Waals surface area contributed by atoms with E-state index in [1.807, 2.05) is 0 Å². The van der Waals surface area contributed by atoms with E-state index in [2.05, 4.69) is 10.3 Å². The maximum absolute atomic E-state index is 12.4. The van der Waals surface area contributed by atoms with Crippen molar-refractivity contribution in [1.82, 2.24) is 15.2 Å². The largest absolute Gasteiger partial charge is 0.434 e. The van der Waals surface area contributed by atoms with Crippen molar-refractivity contribution in [2.45, 2.75) is 31.6 Å². The van der Waals surface area contributed by atoms with Crippen molar-refractivity contribution in [3.05, 3.63) is 16.1 Å². The molecule has 112 valence electrons. The Hall–Kier alpha value is -1.35. The number of aliphatic hydroxyl groups excluding tert-OH is 1. The highest BCUT2D eigenvalue weighted by molar-refractivity contribution is 7.09.